The number of carboxylic acids is 1. The first-order valence-corrected chi connectivity index (χ1v) is 7.51. The molecule has 0 aliphatic rings. The largest absolute Gasteiger partial charge is 0.478 e. The minimum absolute atomic E-state index is 0.138. The van der Waals surface area contributed by atoms with Crippen molar-refractivity contribution in [2.75, 3.05) is 0 Å². The second-order valence-corrected chi connectivity index (χ2v) is 6.20. The van der Waals surface area contributed by atoms with Crippen LogP contribution in [0.2, 0.25) is 0 Å². The number of nitrogens with zero attached hydrogens (tertiary/aromatic N) is 1. The van der Waals surface area contributed by atoms with Crippen LogP contribution in [0.3, 0.4) is 0 Å². The van der Waals surface area contributed by atoms with Crippen LogP contribution in [0, 0.1) is 3.57 Å². The molecule has 0 aliphatic carbocycles. The van der Waals surface area contributed by atoms with Gasteiger partial charge in [0.05, 0.1) is 11.1 Å². The maximum Gasteiger partial charge on any atom is 0.338 e. The highest BCUT2D eigenvalue weighted by Gasteiger charge is 2.16. The topological polar surface area (TPSA) is 63.3 Å². The second-order valence-electron chi connectivity index (χ2n) is 4.10. The summed E-state index contributed by atoms with van der Waals surface area (Å²) in [5.74, 6) is -0.615. The molecule has 3 rings (SSSR count). The van der Waals surface area contributed by atoms with Crippen molar-refractivity contribution in [1.29, 1.82) is 0 Å². The van der Waals surface area contributed by atoms with E-state index in [9.17, 15) is 4.79 Å². The number of para-hydroxylation sites is 1. The van der Waals surface area contributed by atoms with Gasteiger partial charge in [0.1, 0.15) is 5.52 Å². The van der Waals surface area contributed by atoms with E-state index in [0.29, 0.717) is 17.0 Å². The van der Waals surface area contributed by atoms with Gasteiger partial charge in [-0.1, -0.05) is 6.07 Å². The summed E-state index contributed by atoms with van der Waals surface area (Å²) in [6.07, 6.45) is 0. The van der Waals surface area contributed by atoms with E-state index in [4.69, 9.17) is 9.52 Å². The lowest BCUT2D eigenvalue weighted by molar-refractivity contribution is 0.0699. The van der Waals surface area contributed by atoms with E-state index in [-0.39, 0.29) is 5.56 Å². The molecule has 20 heavy (non-hydrogen) atoms. The van der Waals surface area contributed by atoms with Gasteiger partial charge in [-0.25, -0.2) is 9.78 Å². The zero-order valence-corrected chi connectivity index (χ0v) is 13.7. The number of aromatic nitrogens is 1. The monoisotopic (exact) mass is 443 g/mol. The van der Waals surface area contributed by atoms with Crippen molar-refractivity contribution in [3.8, 4) is 11.5 Å². The van der Waals surface area contributed by atoms with Gasteiger partial charge in [0.2, 0.25) is 5.89 Å². The summed E-state index contributed by atoms with van der Waals surface area (Å²) in [7, 11) is 0. The van der Waals surface area contributed by atoms with E-state index in [2.05, 4.69) is 43.5 Å². The highest BCUT2D eigenvalue weighted by Crippen LogP contribution is 2.32. The number of fused-ring (bicyclic) bond motifs is 1. The number of carbonyl (C=O) groups is 1. The molecule has 2 aromatic carbocycles. The molecule has 6 heteroatoms. The highest BCUT2D eigenvalue weighted by atomic mass is 127. The van der Waals surface area contributed by atoms with Crippen molar-refractivity contribution in [3.63, 3.8) is 0 Å². The lowest BCUT2D eigenvalue weighted by Gasteiger charge is -1.99. The fraction of sp³-hybridized carbons (Fsp3) is 0. The number of halogens is 2. The van der Waals surface area contributed by atoms with Gasteiger partial charge in [0, 0.05) is 8.04 Å². The van der Waals surface area contributed by atoms with E-state index in [1.807, 2.05) is 18.2 Å². The molecule has 0 unspecified atom stereocenters. The minimum Gasteiger partial charge on any atom is -0.478 e. The SMILES string of the molecule is O=C(O)c1cccc2oc(-c3cc(I)ccc3Br)nc12. The van der Waals surface area contributed by atoms with Crippen molar-refractivity contribution in [1.82, 2.24) is 4.98 Å². The van der Waals surface area contributed by atoms with Crippen LogP contribution in [0.1, 0.15) is 10.4 Å². The first kappa shape index (κ1) is 13.6. The summed E-state index contributed by atoms with van der Waals surface area (Å²) in [6, 6.07) is 10.7. The minimum atomic E-state index is -1.02. The van der Waals surface area contributed by atoms with Crippen LogP contribution in [-0.2, 0) is 0 Å². The van der Waals surface area contributed by atoms with Crippen molar-refractivity contribution >= 4 is 55.6 Å². The number of hydrogen-bond donors (Lipinski definition) is 1. The van der Waals surface area contributed by atoms with Crippen molar-refractivity contribution in [2.24, 2.45) is 0 Å². The fourth-order valence-corrected chi connectivity index (χ4v) is 2.81. The Morgan fingerprint density at radius 3 is 2.85 bits per heavy atom. The van der Waals surface area contributed by atoms with E-state index < -0.39 is 5.97 Å². The summed E-state index contributed by atoms with van der Waals surface area (Å²) >= 11 is 5.65. The molecule has 0 saturated heterocycles. The third-order valence-corrected chi connectivity index (χ3v) is 4.17. The summed E-state index contributed by atoms with van der Waals surface area (Å²) < 4.78 is 7.56. The first-order valence-electron chi connectivity index (χ1n) is 5.64. The van der Waals surface area contributed by atoms with Gasteiger partial charge in [-0.3, -0.25) is 0 Å². The predicted molar refractivity (Wildman–Crippen MR) is 86.8 cm³/mol. The quantitative estimate of drug-likeness (QED) is 0.589. The summed E-state index contributed by atoms with van der Waals surface area (Å²) in [5.41, 5.74) is 1.76. The lowest BCUT2D eigenvalue weighted by atomic mass is 10.2. The molecule has 0 saturated carbocycles. The van der Waals surface area contributed by atoms with Crippen molar-refractivity contribution < 1.29 is 14.3 Å². The third-order valence-electron chi connectivity index (χ3n) is 2.81. The van der Waals surface area contributed by atoms with Crippen LogP contribution < -0.4 is 0 Å². The zero-order chi connectivity index (χ0) is 14.3. The summed E-state index contributed by atoms with van der Waals surface area (Å²) in [6.45, 7) is 0. The number of benzene rings is 2. The molecule has 0 aliphatic heterocycles. The van der Waals surface area contributed by atoms with Crippen LogP contribution in [-0.4, -0.2) is 16.1 Å². The second kappa shape index (κ2) is 5.17. The van der Waals surface area contributed by atoms with Gasteiger partial charge < -0.3 is 9.52 Å². The molecule has 0 spiro atoms. The van der Waals surface area contributed by atoms with Crippen LogP contribution in [0.15, 0.2) is 45.3 Å². The Labute approximate surface area is 136 Å². The number of hydrogen-bond acceptors (Lipinski definition) is 3. The van der Waals surface area contributed by atoms with Crippen LogP contribution in [0.5, 0.6) is 0 Å². The van der Waals surface area contributed by atoms with Gasteiger partial charge in [0.25, 0.3) is 0 Å². The molecule has 100 valence electrons. The first-order chi connectivity index (χ1) is 9.56. The Morgan fingerprint density at radius 1 is 1.30 bits per heavy atom. The average Bonchev–Trinajstić information content (AvgIpc) is 2.84. The summed E-state index contributed by atoms with van der Waals surface area (Å²) in [5, 5.41) is 9.17. The van der Waals surface area contributed by atoms with Crippen molar-refractivity contribution in [3.05, 3.63) is 50.0 Å². The van der Waals surface area contributed by atoms with Gasteiger partial charge in [-0.05, 0) is 68.9 Å². The lowest BCUT2D eigenvalue weighted by Crippen LogP contribution is -1.96. The number of oxazole rings is 1. The maximum absolute atomic E-state index is 11.2. The molecule has 0 amide bonds. The standard InChI is InChI=1S/C14H7BrINO3/c15-10-5-4-7(16)6-9(10)13-17-12-8(14(18)19)2-1-3-11(12)20-13/h1-6H,(H,18,19). The van der Waals surface area contributed by atoms with Crippen molar-refractivity contribution in [2.45, 2.75) is 0 Å². The fourth-order valence-electron chi connectivity index (χ4n) is 1.90. The molecule has 1 N–H and O–H groups in total. The molecule has 0 atom stereocenters. The Morgan fingerprint density at radius 2 is 2.10 bits per heavy atom. The maximum atomic E-state index is 11.2. The predicted octanol–water partition coefficient (Wildman–Crippen LogP) is 4.56. The molecule has 4 nitrogen and oxygen atoms in total. The zero-order valence-electron chi connectivity index (χ0n) is 9.93. The van der Waals surface area contributed by atoms with E-state index in [1.165, 1.54) is 6.07 Å². The van der Waals surface area contributed by atoms with Crippen LogP contribution >= 0.6 is 38.5 Å². The number of carboxylic acid groups (broad SMARTS) is 1. The molecule has 0 radical (unpaired) electrons. The summed E-state index contributed by atoms with van der Waals surface area (Å²) in [4.78, 5) is 15.5. The molecular formula is C14H7BrINO3. The van der Waals surface area contributed by atoms with E-state index >= 15 is 0 Å². The normalized spacial score (nSPS) is 10.9. The smallest absolute Gasteiger partial charge is 0.338 e. The highest BCUT2D eigenvalue weighted by molar-refractivity contribution is 14.1. The Bertz CT molecular complexity index is 828. The molecular weight excluding hydrogens is 437 g/mol. The van der Waals surface area contributed by atoms with Gasteiger partial charge in [-0.15, -0.1) is 0 Å². The molecule has 1 heterocycles. The van der Waals surface area contributed by atoms with E-state index in [0.717, 1.165) is 13.6 Å². The average molecular weight is 444 g/mol. The Hall–Kier alpha value is -1.41. The van der Waals surface area contributed by atoms with Gasteiger partial charge in [-0.2, -0.15) is 0 Å². The van der Waals surface area contributed by atoms with Crippen LogP contribution in [0.25, 0.3) is 22.6 Å². The number of aromatic carboxylic acids is 1. The van der Waals surface area contributed by atoms with Gasteiger partial charge >= 0.3 is 5.97 Å². The van der Waals surface area contributed by atoms with Gasteiger partial charge in [0.15, 0.2) is 5.58 Å². The Balaban J connectivity index is 2.26. The molecule has 0 fully saturated rings. The van der Waals surface area contributed by atoms with E-state index in [1.54, 1.807) is 12.1 Å². The molecule has 0 bridgehead atoms. The Kier molecular flexibility index (Phi) is 3.51. The van der Waals surface area contributed by atoms with Crippen LogP contribution in [0.4, 0.5) is 0 Å². The third kappa shape index (κ3) is 2.33. The molecule has 3 aromatic rings. The molecule has 1 aromatic heterocycles. The number of rotatable bonds is 2.